The summed E-state index contributed by atoms with van der Waals surface area (Å²) in [5, 5.41) is 0.652. The fourth-order valence-corrected chi connectivity index (χ4v) is 4.16. The molecule has 0 N–H and O–H groups in total. The second-order valence-electron chi connectivity index (χ2n) is 7.39. The van der Waals surface area contributed by atoms with Crippen LogP contribution in [0.5, 0.6) is 0 Å². The maximum Gasteiger partial charge on any atom is 0.253 e. The van der Waals surface area contributed by atoms with Crippen molar-refractivity contribution >= 4 is 23.4 Å². The number of amides is 2. The SMILES string of the molecule is Cc1cc(C(=O)N2CC3CCC(C2)N(Cc2ccccn2)C3=O)ccc1Cl. The Morgan fingerprint density at radius 2 is 2.07 bits per heavy atom. The molecule has 2 bridgehead atoms. The molecule has 0 spiro atoms. The molecule has 2 aromatic rings. The van der Waals surface area contributed by atoms with Crippen LogP contribution in [-0.4, -0.2) is 45.7 Å². The Hall–Kier alpha value is -2.40. The highest BCUT2D eigenvalue weighted by atomic mass is 35.5. The number of aromatic nitrogens is 1. The summed E-state index contributed by atoms with van der Waals surface area (Å²) in [5.41, 5.74) is 2.39. The smallest absolute Gasteiger partial charge is 0.253 e. The molecular weight excluding hydrogens is 362 g/mol. The maximum atomic E-state index is 13.0. The number of piperidine rings is 1. The lowest BCUT2D eigenvalue weighted by Gasteiger charge is -2.35. The quantitative estimate of drug-likeness (QED) is 0.817. The summed E-state index contributed by atoms with van der Waals surface area (Å²) in [7, 11) is 0. The number of rotatable bonds is 3. The number of fused-ring (bicyclic) bond motifs is 4. The Morgan fingerprint density at radius 1 is 1.22 bits per heavy atom. The van der Waals surface area contributed by atoms with Crippen LogP contribution in [0.25, 0.3) is 0 Å². The van der Waals surface area contributed by atoms with E-state index < -0.39 is 0 Å². The molecule has 0 aliphatic carbocycles. The maximum absolute atomic E-state index is 13.0. The van der Waals surface area contributed by atoms with E-state index in [0.717, 1.165) is 24.1 Å². The first-order chi connectivity index (χ1) is 13.0. The van der Waals surface area contributed by atoms with Gasteiger partial charge in [0, 0.05) is 35.9 Å². The lowest BCUT2D eigenvalue weighted by Crippen LogP contribution is -2.47. The first-order valence-electron chi connectivity index (χ1n) is 9.29. The first-order valence-corrected chi connectivity index (χ1v) is 9.66. The van der Waals surface area contributed by atoms with Gasteiger partial charge in [-0.05, 0) is 55.7 Å². The average molecular weight is 384 g/mol. The van der Waals surface area contributed by atoms with Gasteiger partial charge in [0.05, 0.1) is 18.2 Å². The van der Waals surface area contributed by atoms with E-state index in [0.29, 0.717) is 30.2 Å². The van der Waals surface area contributed by atoms with Gasteiger partial charge in [-0.1, -0.05) is 17.7 Å². The number of halogens is 1. The highest BCUT2D eigenvalue weighted by molar-refractivity contribution is 6.31. The average Bonchev–Trinajstić information content (AvgIpc) is 2.97. The first kappa shape index (κ1) is 18.0. The molecule has 3 fully saturated rings. The van der Waals surface area contributed by atoms with Gasteiger partial charge in [0.2, 0.25) is 5.91 Å². The summed E-state index contributed by atoms with van der Waals surface area (Å²) in [6.07, 6.45) is 3.51. The molecule has 140 valence electrons. The summed E-state index contributed by atoms with van der Waals surface area (Å²) in [5.74, 6) is -0.0246. The van der Waals surface area contributed by atoms with Crippen molar-refractivity contribution in [2.75, 3.05) is 13.1 Å². The fourth-order valence-electron chi connectivity index (χ4n) is 4.04. The molecule has 5 nitrogen and oxygen atoms in total. The van der Waals surface area contributed by atoms with Crippen LogP contribution in [-0.2, 0) is 11.3 Å². The molecule has 4 heterocycles. The minimum Gasteiger partial charge on any atom is -0.336 e. The van der Waals surface area contributed by atoms with E-state index in [1.165, 1.54) is 0 Å². The van der Waals surface area contributed by atoms with Crippen LogP contribution in [0.1, 0.15) is 34.5 Å². The van der Waals surface area contributed by atoms with E-state index in [1.54, 1.807) is 18.3 Å². The lowest BCUT2D eigenvalue weighted by atomic mass is 9.94. The van der Waals surface area contributed by atoms with Gasteiger partial charge in [0.25, 0.3) is 5.91 Å². The second kappa shape index (κ2) is 7.31. The third kappa shape index (κ3) is 3.56. The van der Waals surface area contributed by atoms with Crippen LogP contribution >= 0.6 is 11.6 Å². The van der Waals surface area contributed by atoms with Gasteiger partial charge in [-0.2, -0.15) is 0 Å². The monoisotopic (exact) mass is 383 g/mol. The number of benzene rings is 1. The molecule has 1 aromatic carbocycles. The van der Waals surface area contributed by atoms with Crippen molar-refractivity contribution in [2.24, 2.45) is 5.92 Å². The molecule has 5 rings (SSSR count). The molecule has 3 aliphatic heterocycles. The molecule has 2 unspecified atom stereocenters. The third-order valence-electron chi connectivity index (χ3n) is 5.54. The van der Waals surface area contributed by atoms with Crippen molar-refractivity contribution in [1.29, 1.82) is 0 Å². The van der Waals surface area contributed by atoms with Crippen molar-refractivity contribution < 1.29 is 9.59 Å². The van der Waals surface area contributed by atoms with Gasteiger partial charge in [-0.15, -0.1) is 0 Å². The Balaban J connectivity index is 1.56. The minimum atomic E-state index is -0.134. The highest BCUT2D eigenvalue weighted by Gasteiger charge is 2.42. The number of hydrogen-bond acceptors (Lipinski definition) is 3. The molecule has 3 saturated heterocycles. The van der Waals surface area contributed by atoms with Crippen molar-refractivity contribution in [2.45, 2.75) is 32.4 Å². The molecule has 0 radical (unpaired) electrons. The van der Waals surface area contributed by atoms with Gasteiger partial charge in [0.15, 0.2) is 0 Å². The zero-order valence-electron chi connectivity index (χ0n) is 15.3. The minimum absolute atomic E-state index is 0.0286. The number of hydrogen-bond donors (Lipinski definition) is 0. The van der Waals surface area contributed by atoms with E-state index in [1.807, 2.05) is 41.0 Å². The summed E-state index contributed by atoms with van der Waals surface area (Å²) >= 11 is 6.09. The van der Waals surface area contributed by atoms with Gasteiger partial charge in [-0.3, -0.25) is 14.6 Å². The van der Waals surface area contributed by atoms with Crippen molar-refractivity contribution in [1.82, 2.24) is 14.8 Å². The standard InChI is InChI=1S/C21H22ClN3O2/c1-14-10-15(6-8-19(14)22)20(26)24-11-16-5-7-18(13-24)25(21(16)27)12-17-4-2-3-9-23-17/h2-4,6,8-10,16,18H,5,7,11-13H2,1H3. The van der Waals surface area contributed by atoms with E-state index >= 15 is 0 Å². The normalized spacial score (nSPS) is 22.1. The number of pyridine rings is 1. The van der Waals surface area contributed by atoms with Crippen LogP contribution in [0.4, 0.5) is 0 Å². The molecule has 0 saturated carbocycles. The Kier molecular flexibility index (Phi) is 4.87. The third-order valence-corrected chi connectivity index (χ3v) is 5.97. The molecule has 27 heavy (non-hydrogen) atoms. The van der Waals surface area contributed by atoms with Crippen molar-refractivity contribution in [3.63, 3.8) is 0 Å². The molecule has 2 atom stereocenters. The number of nitrogens with zero attached hydrogens (tertiary/aromatic N) is 3. The van der Waals surface area contributed by atoms with E-state index in [2.05, 4.69) is 4.98 Å². The molecule has 1 aromatic heterocycles. The molecular formula is C21H22ClN3O2. The zero-order chi connectivity index (χ0) is 19.0. The van der Waals surface area contributed by atoms with Gasteiger partial charge in [0.1, 0.15) is 0 Å². The van der Waals surface area contributed by atoms with Crippen LogP contribution < -0.4 is 0 Å². The van der Waals surface area contributed by atoms with Crippen LogP contribution in [0.3, 0.4) is 0 Å². The van der Waals surface area contributed by atoms with E-state index in [9.17, 15) is 9.59 Å². The fraction of sp³-hybridized carbons (Fsp3) is 0.381. The second-order valence-corrected chi connectivity index (χ2v) is 7.80. The zero-order valence-corrected chi connectivity index (χ0v) is 16.0. The largest absolute Gasteiger partial charge is 0.336 e. The summed E-state index contributed by atoms with van der Waals surface area (Å²) in [6, 6.07) is 11.1. The van der Waals surface area contributed by atoms with E-state index in [4.69, 9.17) is 11.6 Å². The Morgan fingerprint density at radius 3 is 2.81 bits per heavy atom. The van der Waals surface area contributed by atoms with Gasteiger partial charge < -0.3 is 9.80 Å². The summed E-state index contributed by atoms with van der Waals surface area (Å²) in [6.45, 7) is 3.44. The van der Waals surface area contributed by atoms with Gasteiger partial charge >= 0.3 is 0 Å². The van der Waals surface area contributed by atoms with E-state index in [-0.39, 0.29) is 23.8 Å². The predicted octanol–water partition coefficient (Wildman–Crippen LogP) is 3.31. The highest BCUT2D eigenvalue weighted by Crippen LogP contribution is 2.31. The summed E-state index contributed by atoms with van der Waals surface area (Å²) < 4.78 is 0. The molecule has 2 amide bonds. The van der Waals surface area contributed by atoms with Crippen molar-refractivity contribution in [3.05, 3.63) is 64.4 Å². The number of aryl methyl sites for hydroxylation is 1. The molecule has 3 aliphatic rings. The Bertz CT molecular complexity index is 871. The summed E-state index contributed by atoms with van der Waals surface area (Å²) in [4.78, 5) is 34.1. The van der Waals surface area contributed by atoms with Gasteiger partial charge in [-0.25, -0.2) is 0 Å². The Labute approximate surface area is 163 Å². The molecule has 6 heteroatoms. The van der Waals surface area contributed by atoms with Crippen molar-refractivity contribution in [3.8, 4) is 0 Å². The lowest BCUT2D eigenvalue weighted by molar-refractivity contribution is -0.140. The predicted molar refractivity (Wildman–Crippen MR) is 103 cm³/mol. The van der Waals surface area contributed by atoms with Crippen LogP contribution in [0.2, 0.25) is 5.02 Å². The van der Waals surface area contributed by atoms with Crippen LogP contribution in [0.15, 0.2) is 42.6 Å². The number of carbonyl (C=O) groups excluding carboxylic acids is 2. The number of carbonyl (C=O) groups is 2. The van der Waals surface area contributed by atoms with Crippen LogP contribution in [0, 0.1) is 12.8 Å². The topological polar surface area (TPSA) is 53.5 Å².